The van der Waals surface area contributed by atoms with Crippen molar-refractivity contribution in [1.29, 1.82) is 0 Å². The second-order valence-corrected chi connectivity index (χ2v) is 5.72. The van der Waals surface area contributed by atoms with Gasteiger partial charge in [0, 0.05) is 26.2 Å². The third-order valence-corrected chi connectivity index (χ3v) is 3.83. The monoisotopic (exact) mass is 307 g/mol. The summed E-state index contributed by atoms with van der Waals surface area (Å²) in [6, 6.07) is 3.57. The largest absolute Gasteiger partial charge is 0.495 e. The van der Waals surface area contributed by atoms with Crippen molar-refractivity contribution in [3.63, 3.8) is 0 Å². The highest BCUT2D eigenvalue weighted by Gasteiger charge is 2.24. The number of piperazine rings is 1. The molecule has 1 aliphatic rings. The van der Waals surface area contributed by atoms with E-state index in [4.69, 9.17) is 16.2 Å². The molecule has 0 spiro atoms. The van der Waals surface area contributed by atoms with E-state index in [1.54, 1.807) is 19.2 Å². The number of nitrogens with two attached hydrogens (primary N) is 2. The van der Waals surface area contributed by atoms with Crippen LogP contribution in [0.2, 0.25) is 0 Å². The molecule has 1 amide bonds. The molecule has 0 bridgehead atoms. The van der Waals surface area contributed by atoms with E-state index < -0.39 is 0 Å². The number of nitrogens with zero attached hydrogens (tertiary/aromatic N) is 3. The van der Waals surface area contributed by atoms with Crippen molar-refractivity contribution in [3.05, 3.63) is 12.1 Å². The molecule has 0 atom stereocenters. The maximum Gasteiger partial charge on any atom is 0.236 e. The van der Waals surface area contributed by atoms with Gasteiger partial charge in [0.25, 0.3) is 0 Å². The number of methoxy groups -OCH3 is 1. The topological polar surface area (TPSA) is 88.1 Å². The molecule has 2 rings (SSSR count). The quantitative estimate of drug-likeness (QED) is 0.765. The molecule has 4 N–H and O–H groups in total. The second-order valence-electron chi connectivity index (χ2n) is 5.72. The number of likely N-dealkylation sites (N-methyl/N-ethyl adjacent to an activating group) is 1. The molecule has 0 aromatic heterocycles. The summed E-state index contributed by atoms with van der Waals surface area (Å²) in [5, 5.41) is 0. The van der Waals surface area contributed by atoms with E-state index in [0.29, 0.717) is 49.8 Å². The fraction of sp³-hybridized carbons (Fsp3) is 0.533. The van der Waals surface area contributed by atoms with Gasteiger partial charge >= 0.3 is 0 Å². The van der Waals surface area contributed by atoms with Gasteiger partial charge < -0.3 is 30.9 Å². The molecule has 7 heteroatoms. The second kappa shape index (κ2) is 6.74. The van der Waals surface area contributed by atoms with Gasteiger partial charge in [-0.05, 0) is 26.2 Å². The van der Waals surface area contributed by atoms with Crippen LogP contribution in [0.15, 0.2) is 12.1 Å². The summed E-state index contributed by atoms with van der Waals surface area (Å²) in [4.78, 5) is 18.0. The van der Waals surface area contributed by atoms with Crippen molar-refractivity contribution < 1.29 is 9.53 Å². The van der Waals surface area contributed by atoms with E-state index in [-0.39, 0.29) is 5.91 Å². The van der Waals surface area contributed by atoms with Crippen molar-refractivity contribution in [2.24, 2.45) is 0 Å². The molecule has 1 aromatic carbocycles. The SMILES string of the molecule is COc1ccc(N)c(N2CCN(C(=O)CN(C)C)CC2)c1N. The molecular formula is C15H25N5O2. The predicted molar refractivity (Wildman–Crippen MR) is 89.2 cm³/mol. The average Bonchev–Trinajstić information content (AvgIpc) is 2.47. The van der Waals surface area contributed by atoms with Crippen LogP contribution in [-0.4, -0.2) is 69.6 Å². The molecule has 0 unspecified atom stereocenters. The Balaban J connectivity index is 2.08. The summed E-state index contributed by atoms with van der Waals surface area (Å²) in [7, 11) is 5.38. The summed E-state index contributed by atoms with van der Waals surface area (Å²) in [5.41, 5.74) is 14.2. The zero-order valence-electron chi connectivity index (χ0n) is 13.5. The number of amides is 1. The zero-order valence-corrected chi connectivity index (χ0v) is 13.5. The Morgan fingerprint density at radius 1 is 1.23 bits per heavy atom. The first-order valence-electron chi connectivity index (χ1n) is 7.33. The van der Waals surface area contributed by atoms with Gasteiger partial charge in [0.05, 0.1) is 25.0 Å². The number of nitrogen functional groups attached to an aromatic ring is 2. The highest BCUT2D eigenvalue weighted by Crippen LogP contribution is 2.37. The van der Waals surface area contributed by atoms with Gasteiger partial charge in [-0.15, -0.1) is 0 Å². The summed E-state index contributed by atoms with van der Waals surface area (Å²) >= 11 is 0. The molecule has 0 radical (unpaired) electrons. The minimum absolute atomic E-state index is 0.149. The lowest BCUT2D eigenvalue weighted by Crippen LogP contribution is -2.51. The number of anilines is 3. The highest BCUT2D eigenvalue weighted by atomic mass is 16.5. The normalized spacial score (nSPS) is 15.3. The summed E-state index contributed by atoms with van der Waals surface area (Å²) in [6.07, 6.45) is 0. The van der Waals surface area contributed by atoms with Crippen LogP contribution < -0.4 is 21.1 Å². The van der Waals surface area contributed by atoms with Gasteiger partial charge in [-0.25, -0.2) is 0 Å². The maximum atomic E-state index is 12.1. The Morgan fingerprint density at radius 3 is 2.41 bits per heavy atom. The Morgan fingerprint density at radius 2 is 1.86 bits per heavy atom. The van der Waals surface area contributed by atoms with Crippen molar-refractivity contribution in [2.45, 2.75) is 0 Å². The van der Waals surface area contributed by atoms with Crippen LogP contribution in [0, 0.1) is 0 Å². The van der Waals surface area contributed by atoms with Crippen LogP contribution in [0.4, 0.5) is 17.1 Å². The number of hydrogen-bond donors (Lipinski definition) is 2. The smallest absolute Gasteiger partial charge is 0.236 e. The number of hydrogen-bond acceptors (Lipinski definition) is 6. The van der Waals surface area contributed by atoms with E-state index in [0.717, 1.165) is 5.69 Å². The molecular weight excluding hydrogens is 282 g/mol. The average molecular weight is 307 g/mol. The minimum Gasteiger partial charge on any atom is -0.495 e. The van der Waals surface area contributed by atoms with Gasteiger partial charge in [-0.2, -0.15) is 0 Å². The van der Waals surface area contributed by atoms with Gasteiger partial charge in [0.2, 0.25) is 5.91 Å². The lowest BCUT2D eigenvalue weighted by Gasteiger charge is -2.37. The van der Waals surface area contributed by atoms with Crippen molar-refractivity contribution in [3.8, 4) is 5.75 Å². The Labute approximate surface area is 131 Å². The van der Waals surface area contributed by atoms with Crippen LogP contribution in [0.25, 0.3) is 0 Å². The predicted octanol–water partition coefficient (Wildman–Crippen LogP) is 0.0698. The molecule has 1 saturated heterocycles. The van der Waals surface area contributed by atoms with Crippen LogP contribution in [0.3, 0.4) is 0 Å². The van der Waals surface area contributed by atoms with Crippen LogP contribution in [0.1, 0.15) is 0 Å². The zero-order chi connectivity index (χ0) is 16.3. The fourth-order valence-electron chi connectivity index (χ4n) is 2.69. The molecule has 1 fully saturated rings. The number of carbonyl (C=O) groups excluding carboxylic acids is 1. The molecule has 0 saturated carbocycles. The molecule has 122 valence electrons. The number of rotatable bonds is 4. The van der Waals surface area contributed by atoms with Crippen LogP contribution >= 0.6 is 0 Å². The maximum absolute atomic E-state index is 12.1. The Kier molecular flexibility index (Phi) is 4.97. The summed E-state index contributed by atoms with van der Waals surface area (Å²) in [5.74, 6) is 0.770. The number of carbonyl (C=O) groups is 1. The Bertz CT molecular complexity index is 539. The number of ether oxygens (including phenoxy) is 1. The molecule has 1 aliphatic heterocycles. The molecule has 7 nitrogen and oxygen atoms in total. The Hall–Kier alpha value is -2.15. The van der Waals surface area contributed by atoms with Crippen molar-refractivity contribution >= 4 is 23.0 Å². The van der Waals surface area contributed by atoms with Crippen molar-refractivity contribution in [1.82, 2.24) is 9.80 Å². The third-order valence-electron chi connectivity index (χ3n) is 3.83. The van der Waals surface area contributed by atoms with Gasteiger partial charge in [0.15, 0.2) is 0 Å². The summed E-state index contributed by atoms with van der Waals surface area (Å²) in [6.45, 7) is 3.19. The molecule has 22 heavy (non-hydrogen) atoms. The van der Waals surface area contributed by atoms with E-state index in [9.17, 15) is 4.79 Å². The third kappa shape index (κ3) is 3.36. The lowest BCUT2D eigenvalue weighted by molar-refractivity contribution is -0.132. The molecule has 1 heterocycles. The first kappa shape index (κ1) is 16.2. The van der Waals surface area contributed by atoms with Gasteiger partial charge in [-0.1, -0.05) is 0 Å². The highest BCUT2D eigenvalue weighted by molar-refractivity contribution is 5.85. The molecule has 1 aromatic rings. The standard InChI is InChI=1S/C15H25N5O2/c1-18(2)10-13(21)19-6-8-20(9-7-19)15-11(16)4-5-12(22-3)14(15)17/h4-5H,6-10,16-17H2,1-3H3. The van der Waals surface area contributed by atoms with Gasteiger partial charge in [0.1, 0.15) is 11.4 Å². The van der Waals surface area contributed by atoms with E-state index in [1.807, 2.05) is 23.9 Å². The first-order chi connectivity index (χ1) is 10.4. The number of benzene rings is 1. The van der Waals surface area contributed by atoms with Crippen molar-refractivity contribution in [2.75, 3.05) is 70.3 Å². The first-order valence-corrected chi connectivity index (χ1v) is 7.33. The van der Waals surface area contributed by atoms with Crippen LogP contribution in [0.5, 0.6) is 5.75 Å². The molecule has 0 aliphatic carbocycles. The lowest BCUT2D eigenvalue weighted by atomic mass is 10.1. The van der Waals surface area contributed by atoms with E-state index >= 15 is 0 Å². The summed E-state index contributed by atoms with van der Waals surface area (Å²) < 4.78 is 5.26. The minimum atomic E-state index is 0.149. The van der Waals surface area contributed by atoms with Crippen LogP contribution in [-0.2, 0) is 4.79 Å². The van der Waals surface area contributed by atoms with Gasteiger partial charge in [-0.3, -0.25) is 4.79 Å². The van der Waals surface area contributed by atoms with E-state index in [1.165, 1.54) is 0 Å². The van der Waals surface area contributed by atoms with E-state index in [2.05, 4.69) is 4.90 Å². The fourth-order valence-corrected chi connectivity index (χ4v) is 2.69.